The number of hydrogen-bond donors (Lipinski definition) is 1. The quantitative estimate of drug-likeness (QED) is 0.731. The van der Waals surface area contributed by atoms with Crippen molar-refractivity contribution in [2.45, 2.75) is 32.4 Å². The molecule has 0 radical (unpaired) electrons. The average molecular weight is 370 g/mol. The highest BCUT2D eigenvalue weighted by Gasteiger charge is 2.18. The number of amides is 1. The highest BCUT2D eigenvalue weighted by Crippen LogP contribution is 2.28. The first kappa shape index (κ1) is 17.5. The second-order valence-electron chi connectivity index (χ2n) is 6.71. The van der Waals surface area contributed by atoms with E-state index in [1.807, 2.05) is 25.1 Å². The first-order valence-corrected chi connectivity index (χ1v) is 9.02. The molecule has 1 amide bonds. The standard InChI is InChI=1S/C19H22N4O4/c1-12-21-22(11-18(24)20-10-13-5-4-8-27-13)19(25)16-9-14-15(23(12)16)6-3-7-17(14)26-2/h3,6-7,9,13H,4-5,8,10-11H2,1-2H3,(H,20,24)/t13-/m0/s1. The number of aromatic nitrogens is 3. The summed E-state index contributed by atoms with van der Waals surface area (Å²) in [5, 5.41) is 7.99. The molecule has 0 aliphatic carbocycles. The van der Waals surface area contributed by atoms with Crippen LogP contribution in [0.25, 0.3) is 16.4 Å². The molecule has 1 aliphatic heterocycles. The van der Waals surface area contributed by atoms with Gasteiger partial charge in [-0.15, -0.1) is 0 Å². The van der Waals surface area contributed by atoms with E-state index in [1.165, 1.54) is 4.68 Å². The third-order valence-corrected chi connectivity index (χ3v) is 4.91. The molecule has 142 valence electrons. The summed E-state index contributed by atoms with van der Waals surface area (Å²) in [6.45, 7) is 2.89. The molecule has 1 N–H and O–H groups in total. The van der Waals surface area contributed by atoms with Gasteiger partial charge in [-0.05, 0) is 38.0 Å². The Labute approximate surface area is 155 Å². The Morgan fingerprint density at radius 3 is 3.00 bits per heavy atom. The van der Waals surface area contributed by atoms with Crippen LogP contribution in [0.4, 0.5) is 0 Å². The number of fused-ring (bicyclic) bond motifs is 3. The van der Waals surface area contributed by atoms with Crippen molar-refractivity contribution >= 4 is 22.3 Å². The fourth-order valence-electron chi connectivity index (χ4n) is 3.62. The minimum Gasteiger partial charge on any atom is -0.496 e. The number of aryl methyl sites for hydroxylation is 1. The van der Waals surface area contributed by atoms with Gasteiger partial charge >= 0.3 is 0 Å². The molecule has 1 aliphatic rings. The van der Waals surface area contributed by atoms with Crippen LogP contribution in [0.5, 0.6) is 5.75 Å². The summed E-state index contributed by atoms with van der Waals surface area (Å²) in [5.41, 5.74) is 1.00. The van der Waals surface area contributed by atoms with Crippen LogP contribution in [0.2, 0.25) is 0 Å². The topological polar surface area (TPSA) is 86.9 Å². The molecule has 3 heterocycles. The molecule has 0 unspecified atom stereocenters. The fraction of sp³-hybridized carbons (Fsp3) is 0.421. The summed E-state index contributed by atoms with van der Waals surface area (Å²) in [6, 6.07) is 7.42. The zero-order valence-electron chi connectivity index (χ0n) is 15.4. The lowest BCUT2D eigenvalue weighted by Crippen LogP contribution is -2.38. The van der Waals surface area contributed by atoms with Gasteiger partial charge in [-0.1, -0.05) is 6.07 Å². The lowest BCUT2D eigenvalue weighted by Gasteiger charge is -2.12. The van der Waals surface area contributed by atoms with E-state index in [9.17, 15) is 9.59 Å². The largest absolute Gasteiger partial charge is 0.496 e. The normalized spacial score (nSPS) is 16.9. The van der Waals surface area contributed by atoms with Gasteiger partial charge in [0.25, 0.3) is 5.56 Å². The van der Waals surface area contributed by atoms with Crippen LogP contribution in [0.3, 0.4) is 0 Å². The van der Waals surface area contributed by atoms with Crippen molar-refractivity contribution in [3.05, 3.63) is 40.4 Å². The third kappa shape index (κ3) is 3.16. The number of carbonyl (C=O) groups is 1. The molecule has 0 saturated carbocycles. The molecular weight excluding hydrogens is 348 g/mol. The second kappa shape index (κ2) is 7.03. The van der Waals surface area contributed by atoms with Crippen molar-refractivity contribution in [1.29, 1.82) is 0 Å². The van der Waals surface area contributed by atoms with E-state index in [4.69, 9.17) is 9.47 Å². The van der Waals surface area contributed by atoms with Gasteiger partial charge in [0.05, 0.1) is 18.7 Å². The van der Waals surface area contributed by atoms with Crippen LogP contribution in [0.15, 0.2) is 29.1 Å². The van der Waals surface area contributed by atoms with Gasteiger partial charge in [0, 0.05) is 18.5 Å². The lowest BCUT2D eigenvalue weighted by atomic mass is 10.2. The maximum absolute atomic E-state index is 12.9. The molecule has 2 aromatic heterocycles. The first-order chi connectivity index (χ1) is 13.1. The van der Waals surface area contributed by atoms with E-state index < -0.39 is 0 Å². The summed E-state index contributed by atoms with van der Waals surface area (Å²) in [5.74, 6) is 1.06. The zero-order valence-corrected chi connectivity index (χ0v) is 15.4. The number of benzene rings is 1. The molecule has 1 atom stereocenters. The Balaban J connectivity index is 1.66. The lowest BCUT2D eigenvalue weighted by molar-refractivity contribution is -0.122. The van der Waals surface area contributed by atoms with Crippen LogP contribution in [-0.4, -0.2) is 46.5 Å². The predicted octanol–water partition coefficient (Wildman–Crippen LogP) is 1.26. The van der Waals surface area contributed by atoms with Crippen molar-refractivity contribution in [2.24, 2.45) is 0 Å². The van der Waals surface area contributed by atoms with E-state index in [1.54, 1.807) is 17.6 Å². The molecule has 1 saturated heterocycles. The Hall–Kier alpha value is -2.87. The predicted molar refractivity (Wildman–Crippen MR) is 100 cm³/mol. The van der Waals surface area contributed by atoms with Gasteiger partial charge in [-0.2, -0.15) is 5.10 Å². The van der Waals surface area contributed by atoms with Crippen LogP contribution in [0.1, 0.15) is 18.7 Å². The molecular formula is C19H22N4O4. The van der Waals surface area contributed by atoms with Gasteiger partial charge in [0.2, 0.25) is 5.91 Å². The van der Waals surface area contributed by atoms with E-state index in [-0.39, 0.29) is 24.1 Å². The van der Waals surface area contributed by atoms with Crippen molar-refractivity contribution < 1.29 is 14.3 Å². The maximum atomic E-state index is 12.9. The van der Waals surface area contributed by atoms with E-state index in [0.29, 0.717) is 23.6 Å². The molecule has 1 aromatic carbocycles. The number of methoxy groups -OCH3 is 1. The Kier molecular flexibility index (Phi) is 4.57. The zero-order chi connectivity index (χ0) is 19.0. The number of ether oxygens (including phenoxy) is 2. The van der Waals surface area contributed by atoms with Crippen LogP contribution < -0.4 is 15.6 Å². The van der Waals surface area contributed by atoms with Gasteiger partial charge in [0.1, 0.15) is 23.6 Å². The van der Waals surface area contributed by atoms with Gasteiger partial charge in [-0.25, -0.2) is 4.68 Å². The monoisotopic (exact) mass is 370 g/mol. The minimum atomic E-state index is -0.314. The number of carbonyl (C=O) groups excluding carboxylic acids is 1. The summed E-state index contributed by atoms with van der Waals surface area (Å²) < 4.78 is 13.9. The maximum Gasteiger partial charge on any atom is 0.291 e. The van der Waals surface area contributed by atoms with E-state index in [2.05, 4.69) is 10.4 Å². The number of rotatable bonds is 5. The highest BCUT2D eigenvalue weighted by atomic mass is 16.5. The minimum absolute atomic E-state index is 0.0613. The number of hydrogen-bond acceptors (Lipinski definition) is 5. The van der Waals surface area contributed by atoms with Crippen molar-refractivity contribution in [3.63, 3.8) is 0 Å². The number of nitrogens with one attached hydrogen (secondary N) is 1. The average Bonchev–Trinajstić information content (AvgIpc) is 3.31. The van der Waals surface area contributed by atoms with E-state index in [0.717, 1.165) is 30.4 Å². The van der Waals surface area contributed by atoms with Crippen LogP contribution in [0, 0.1) is 6.92 Å². The molecule has 0 bridgehead atoms. The highest BCUT2D eigenvalue weighted by molar-refractivity contribution is 5.92. The first-order valence-electron chi connectivity index (χ1n) is 9.02. The van der Waals surface area contributed by atoms with Crippen LogP contribution >= 0.6 is 0 Å². The van der Waals surface area contributed by atoms with Crippen molar-refractivity contribution in [2.75, 3.05) is 20.3 Å². The molecule has 27 heavy (non-hydrogen) atoms. The molecule has 4 rings (SSSR count). The summed E-state index contributed by atoms with van der Waals surface area (Å²) in [4.78, 5) is 25.1. The Morgan fingerprint density at radius 1 is 1.41 bits per heavy atom. The smallest absolute Gasteiger partial charge is 0.291 e. The van der Waals surface area contributed by atoms with E-state index >= 15 is 0 Å². The summed E-state index contributed by atoms with van der Waals surface area (Å²) in [7, 11) is 1.60. The van der Waals surface area contributed by atoms with Crippen molar-refractivity contribution in [1.82, 2.24) is 19.5 Å². The van der Waals surface area contributed by atoms with Gasteiger partial charge in [-0.3, -0.25) is 14.0 Å². The van der Waals surface area contributed by atoms with Crippen molar-refractivity contribution in [3.8, 4) is 5.75 Å². The summed E-state index contributed by atoms with van der Waals surface area (Å²) >= 11 is 0. The third-order valence-electron chi connectivity index (χ3n) is 4.91. The molecule has 0 spiro atoms. The molecule has 8 nitrogen and oxygen atoms in total. The number of nitrogens with zero attached hydrogens (tertiary/aromatic N) is 3. The SMILES string of the molecule is COc1cccc2c1cc1c(=O)n(CC(=O)NC[C@@H]3CCCO3)nc(C)n12. The van der Waals surface area contributed by atoms with Gasteiger partial charge < -0.3 is 14.8 Å². The summed E-state index contributed by atoms with van der Waals surface area (Å²) in [6.07, 6.45) is 2.02. The second-order valence-corrected chi connectivity index (χ2v) is 6.71. The fourth-order valence-corrected chi connectivity index (χ4v) is 3.62. The molecule has 1 fully saturated rings. The Morgan fingerprint density at radius 2 is 2.26 bits per heavy atom. The molecule has 3 aromatic rings. The Bertz CT molecular complexity index is 1060. The van der Waals surface area contributed by atoms with Gasteiger partial charge in [0.15, 0.2) is 0 Å². The van der Waals surface area contributed by atoms with Crippen LogP contribution in [-0.2, 0) is 16.1 Å². The molecule has 8 heteroatoms.